The number of carbonyl (C=O) groups is 1. The summed E-state index contributed by atoms with van der Waals surface area (Å²) >= 11 is 0. The summed E-state index contributed by atoms with van der Waals surface area (Å²) in [5.74, 6) is 0.556. The number of benzene rings is 1. The Kier molecular flexibility index (Phi) is 5.65. The summed E-state index contributed by atoms with van der Waals surface area (Å²) in [6.45, 7) is 4.37. The molecule has 0 saturated heterocycles. The number of primary amides is 1. The maximum Gasteiger partial charge on any atom is 0.217 e. The second-order valence-electron chi connectivity index (χ2n) is 4.49. The van der Waals surface area contributed by atoms with E-state index in [4.69, 9.17) is 15.6 Å². The van der Waals surface area contributed by atoms with Gasteiger partial charge in [0.15, 0.2) is 0 Å². The van der Waals surface area contributed by atoms with E-state index in [1.165, 1.54) is 0 Å². The van der Waals surface area contributed by atoms with Gasteiger partial charge < -0.3 is 15.6 Å². The van der Waals surface area contributed by atoms with Crippen LogP contribution in [0.5, 0.6) is 5.75 Å². The van der Waals surface area contributed by atoms with E-state index in [-0.39, 0.29) is 18.4 Å². The fourth-order valence-corrected chi connectivity index (χ4v) is 1.71. The molecular formula is C14H20NO3. The van der Waals surface area contributed by atoms with Crippen LogP contribution in [0.1, 0.15) is 24.5 Å². The first-order valence-electron chi connectivity index (χ1n) is 5.98. The van der Waals surface area contributed by atoms with Gasteiger partial charge in [0.2, 0.25) is 5.91 Å². The smallest absolute Gasteiger partial charge is 0.217 e. The number of carbonyl (C=O) groups excluding carboxylic acids is 1. The largest absolute Gasteiger partial charge is 0.493 e. The van der Waals surface area contributed by atoms with Gasteiger partial charge in [-0.05, 0) is 36.1 Å². The van der Waals surface area contributed by atoms with E-state index in [0.717, 1.165) is 16.9 Å². The molecule has 0 aliphatic rings. The average Bonchev–Trinajstić information content (AvgIpc) is 2.29. The quantitative estimate of drug-likeness (QED) is 0.769. The van der Waals surface area contributed by atoms with Crippen molar-refractivity contribution >= 4 is 5.91 Å². The Hall–Kier alpha value is -1.55. The molecule has 0 saturated carbocycles. The second kappa shape index (κ2) is 7.01. The van der Waals surface area contributed by atoms with Gasteiger partial charge in [0.1, 0.15) is 5.75 Å². The van der Waals surface area contributed by atoms with Crippen molar-refractivity contribution in [1.29, 1.82) is 0 Å². The minimum absolute atomic E-state index is 0.0245. The first kappa shape index (κ1) is 14.5. The van der Waals surface area contributed by atoms with E-state index in [2.05, 4.69) is 0 Å². The van der Waals surface area contributed by atoms with Crippen molar-refractivity contribution in [3.05, 3.63) is 35.7 Å². The van der Waals surface area contributed by atoms with Crippen LogP contribution >= 0.6 is 0 Å². The lowest BCUT2D eigenvalue weighted by atomic mass is 10.1. The van der Waals surface area contributed by atoms with Crippen LogP contribution in [0.2, 0.25) is 0 Å². The molecule has 0 heterocycles. The van der Waals surface area contributed by atoms with E-state index in [1.807, 2.05) is 32.0 Å². The van der Waals surface area contributed by atoms with Gasteiger partial charge in [-0.1, -0.05) is 13.0 Å². The highest BCUT2D eigenvalue weighted by atomic mass is 16.5. The number of hydrogen-bond acceptors (Lipinski definition) is 3. The maximum atomic E-state index is 10.7. The summed E-state index contributed by atoms with van der Waals surface area (Å²) in [7, 11) is 0. The fraction of sp³-hybridized carbons (Fsp3) is 0.429. The molecule has 1 aromatic rings. The number of hydrogen-bond donors (Lipinski definition) is 2. The molecule has 4 heteroatoms. The molecule has 0 aromatic heterocycles. The summed E-state index contributed by atoms with van der Waals surface area (Å²) in [5, 5.41) is 8.84. The number of aliphatic hydroxyl groups is 1. The first-order valence-corrected chi connectivity index (χ1v) is 5.98. The normalized spacial score (nSPS) is 12.2. The Morgan fingerprint density at radius 2 is 2.28 bits per heavy atom. The summed E-state index contributed by atoms with van der Waals surface area (Å²) in [6.07, 6.45) is 2.07. The Labute approximate surface area is 108 Å². The molecule has 0 unspecified atom stereocenters. The third-order valence-corrected chi connectivity index (χ3v) is 2.64. The first-order chi connectivity index (χ1) is 8.52. The highest BCUT2D eigenvalue weighted by Crippen LogP contribution is 2.19. The van der Waals surface area contributed by atoms with Gasteiger partial charge in [-0.25, -0.2) is 0 Å². The highest BCUT2D eigenvalue weighted by molar-refractivity contribution is 5.73. The predicted octanol–water partition coefficient (Wildman–Crippen LogP) is 1.43. The topological polar surface area (TPSA) is 72.5 Å². The molecule has 18 heavy (non-hydrogen) atoms. The van der Waals surface area contributed by atoms with Crippen molar-refractivity contribution in [2.24, 2.45) is 11.7 Å². The van der Waals surface area contributed by atoms with Crippen molar-refractivity contribution in [3.8, 4) is 5.75 Å². The Bertz CT molecular complexity index is 404. The van der Waals surface area contributed by atoms with Crippen LogP contribution in [-0.4, -0.2) is 24.2 Å². The van der Waals surface area contributed by atoms with Crippen LogP contribution < -0.4 is 10.5 Å². The van der Waals surface area contributed by atoms with Gasteiger partial charge in [-0.15, -0.1) is 0 Å². The zero-order valence-electron chi connectivity index (χ0n) is 10.8. The van der Waals surface area contributed by atoms with Crippen LogP contribution in [0.25, 0.3) is 0 Å². The molecule has 0 fully saturated rings. The molecule has 1 amide bonds. The number of nitrogens with two attached hydrogens (primary N) is 1. The summed E-state index contributed by atoms with van der Waals surface area (Å²) in [4.78, 5) is 10.7. The second-order valence-corrected chi connectivity index (χ2v) is 4.49. The van der Waals surface area contributed by atoms with Gasteiger partial charge in [0.25, 0.3) is 0 Å². The minimum atomic E-state index is -0.310. The van der Waals surface area contributed by atoms with E-state index in [0.29, 0.717) is 13.0 Å². The van der Waals surface area contributed by atoms with E-state index < -0.39 is 0 Å². The van der Waals surface area contributed by atoms with Gasteiger partial charge in [0, 0.05) is 12.8 Å². The van der Waals surface area contributed by atoms with Crippen molar-refractivity contribution in [2.45, 2.75) is 20.3 Å². The van der Waals surface area contributed by atoms with Gasteiger partial charge in [-0.2, -0.15) is 0 Å². The Morgan fingerprint density at radius 1 is 1.56 bits per heavy atom. The lowest BCUT2D eigenvalue weighted by molar-refractivity contribution is -0.119. The lowest BCUT2D eigenvalue weighted by Gasteiger charge is -2.13. The summed E-state index contributed by atoms with van der Waals surface area (Å²) in [5.41, 5.74) is 7.16. The summed E-state index contributed by atoms with van der Waals surface area (Å²) < 4.78 is 5.60. The van der Waals surface area contributed by atoms with Crippen molar-refractivity contribution in [2.75, 3.05) is 13.2 Å². The maximum absolute atomic E-state index is 10.7. The van der Waals surface area contributed by atoms with E-state index in [9.17, 15) is 4.79 Å². The third kappa shape index (κ3) is 4.75. The zero-order chi connectivity index (χ0) is 13.5. The van der Waals surface area contributed by atoms with Crippen molar-refractivity contribution in [1.82, 2.24) is 0 Å². The third-order valence-electron chi connectivity index (χ3n) is 2.64. The average molecular weight is 250 g/mol. The van der Waals surface area contributed by atoms with Crippen molar-refractivity contribution in [3.63, 3.8) is 0 Å². The van der Waals surface area contributed by atoms with Crippen LogP contribution in [-0.2, 0) is 4.79 Å². The van der Waals surface area contributed by atoms with Gasteiger partial charge >= 0.3 is 0 Å². The predicted molar refractivity (Wildman–Crippen MR) is 70.1 cm³/mol. The van der Waals surface area contributed by atoms with Gasteiger partial charge in [-0.3, -0.25) is 4.79 Å². The molecule has 1 atom stereocenters. The number of amides is 1. The van der Waals surface area contributed by atoms with E-state index in [1.54, 1.807) is 6.42 Å². The Morgan fingerprint density at radius 3 is 2.83 bits per heavy atom. The zero-order valence-corrected chi connectivity index (χ0v) is 10.8. The van der Waals surface area contributed by atoms with Crippen molar-refractivity contribution < 1.29 is 14.6 Å². The van der Waals surface area contributed by atoms with Gasteiger partial charge in [0.05, 0.1) is 13.2 Å². The number of aryl methyl sites for hydroxylation is 1. The number of rotatable bonds is 7. The van der Waals surface area contributed by atoms with Crippen LogP contribution in [0.3, 0.4) is 0 Å². The van der Waals surface area contributed by atoms with E-state index >= 15 is 0 Å². The minimum Gasteiger partial charge on any atom is -0.493 e. The summed E-state index contributed by atoms with van der Waals surface area (Å²) in [6, 6.07) is 5.67. The molecule has 1 rings (SSSR count). The molecule has 1 radical (unpaired) electrons. The molecule has 0 aliphatic heterocycles. The Balaban J connectivity index is 2.53. The molecule has 0 spiro atoms. The standard InChI is InChI=1S/C14H20NO3/c1-10(7-14(15)17)9-18-13-4-3-12(5-6-16)11(2)8-13/h3-5,8,10,16H,6-7,9H2,1-2H3,(H2,15,17)/t10-/m1/s1. The molecule has 4 nitrogen and oxygen atoms in total. The SMILES string of the molecule is Cc1cc(OC[C@H](C)CC(N)=O)ccc1[CH]CO. The van der Waals surface area contributed by atoms with Crippen LogP contribution in [0.15, 0.2) is 18.2 Å². The number of aliphatic hydroxyl groups excluding tert-OH is 1. The fourth-order valence-electron chi connectivity index (χ4n) is 1.71. The lowest BCUT2D eigenvalue weighted by Crippen LogP contribution is -2.19. The van der Waals surface area contributed by atoms with Crippen LogP contribution in [0, 0.1) is 19.3 Å². The molecular weight excluding hydrogens is 230 g/mol. The molecule has 3 N–H and O–H groups in total. The number of ether oxygens (including phenoxy) is 1. The molecule has 0 bridgehead atoms. The highest BCUT2D eigenvalue weighted by Gasteiger charge is 2.07. The molecule has 0 aliphatic carbocycles. The molecule has 99 valence electrons. The monoisotopic (exact) mass is 250 g/mol. The molecule has 1 aromatic carbocycles. The van der Waals surface area contributed by atoms with Crippen LogP contribution in [0.4, 0.5) is 0 Å².